The van der Waals surface area contributed by atoms with E-state index in [1.807, 2.05) is 27.7 Å². The third-order valence-electron chi connectivity index (χ3n) is 7.78. The molecule has 4 aliphatic heterocycles. The van der Waals surface area contributed by atoms with Gasteiger partial charge in [-0.05, 0) is 47.0 Å². The zero-order valence-corrected chi connectivity index (χ0v) is 25.8. The molecule has 4 fully saturated rings. The van der Waals surface area contributed by atoms with Crippen molar-refractivity contribution in [1.29, 1.82) is 0 Å². The lowest BCUT2D eigenvalue weighted by molar-refractivity contribution is -0.302. The van der Waals surface area contributed by atoms with Gasteiger partial charge in [0.1, 0.15) is 36.6 Å². The third-order valence-corrected chi connectivity index (χ3v) is 7.78. The molecule has 4 saturated heterocycles. The zero-order valence-electron chi connectivity index (χ0n) is 25.8. The van der Waals surface area contributed by atoms with Crippen molar-refractivity contribution in [3.8, 4) is 0 Å². The minimum atomic E-state index is -0.776. The molecule has 4 aliphatic rings. The SMILES string of the molecule is CCCCOCC1O[C@@H](O[C@@H]2[C@H]3OC(C)(C)O[C@H]3O[C@@H]2[C@H]2COC(C)(C)O2)CC(OCCCC)[C@@H]1OCCCC. The lowest BCUT2D eigenvalue weighted by Gasteiger charge is -2.42. The smallest absolute Gasteiger partial charge is 0.190 e. The monoisotopic (exact) mass is 574 g/mol. The molecule has 4 heterocycles. The first-order chi connectivity index (χ1) is 19.2. The molecule has 0 aromatic rings. The van der Waals surface area contributed by atoms with Crippen molar-refractivity contribution >= 4 is 0 Å². The van der Waals surface area contributed by atoms with Crippen LogP contribution in [-0.2, 0) is 47.4 Å². The molecule has 0 N–H and O–H groups in total. The zero-order chi connectivity index (χ0) is 28.8. The van der Waals surface area contributed by atoms with Crippen LogP contribution in [0.2, 0.25) is 0 Å². The summed E-state index contributed by atoms with van der Waals surface area (Å²) in [5.41, 5.74) is 0. The highest BCUT2D eigenvalue weighted by molar-refractivity contribution is 4.99. The van der Waals surface area contributed by atoms with Gasteiger partial charge in [0.2, 0.25) is 0 Å². The fraction of sp³-hybridized carbons (Fsp3) is 1.00. The summed E-state index contributed by atoms with van der Waals surface area (Å²) in [6, 6.07) is 0. The largest absolute Gasteiger partial charge is 0.379 e. The molecule has 0 aromatic heterocycles. The Bertz CT molecular complexity index is 748. The minimum absolute atomic E-state index is 0.180. The van der Waals surface area contributed by atoms with Gasteiger partial charge in [-0.1, -0.05) is 40.0 Å². The van der Waals surface area contributed by atoms with Gasteiger partial charge >= 0.3 is 0 Å². The highest BCUT2D eigenvalue weighted by Crippen LogP contribution is 2.43. The standard InChI is InChI=1S/C30H54O10/c1-8-11-14-31-18-21-24(33-16-13-10-3)20(32-15-12-9-2)17-23(35-21)36-26-25(22-19-34-29(4,5)38-22)37-28-27(26)39-30(6,7)40-28/h20-28H,8-19H2,1-7H3/t20?,21?,22-,23+,24+,25-,26+,27-,28-/m1/s1. The lowest BCUT2D eigenvalue weighted by atomic mass is 10.00. The highest BCUT2D eigenvalue weighted by atomic mass is 16.9. The van der Waals surface area contributed by atoms with Crippen molar-refractivity contribution < 1.29 is 47.4 Å². The summed E-state index contributed by atoms with van der Waals surface area (Å²) in [6.07, 6.45) is 3.19. The Morgan fingerprint density at radius 2 is 1.43 bits per heavy atom. The van der Waals surface area contributed by atoms with E-state index in [-0.39, 0.29) is 24.4 Å². The van der Waals surface area contributed by atoms with E-state index in [0.29, 0.717) is 39.5 Å². The average molecular weight is 575 g/mol. The Kier molecular flexibility index (Phi) is 12.1. The lowest BCUT2D eigenvalue weighted by Crippen LogP contribution is -2.55. The summed E-state index contributed by atoms with van der Waals surface area (Å²) in [5, 5.41) is 0. The fourth-order valence-corrected chi connectivity index (χ4v) is 5.69. The number of fused-ring (bicyclic) bond motifs is 1. The van der Waals surface area contributed by atoms with E-state index in [0.717, 1.165) is 38.5 Å². The Morgan fingerprint density at radius 1 is 0.725 bits per heavy atom. The van der Waals surface area contributed by atoms with Gasteiger partial charge in [-0.25, -0.2) is 0 Å². The minimum Gasteiger partial charge on any atom is -0.379 e. The number of rotatable bonds is 16. The molecular formula is C30H54O10. The molecule has 0 spiro atoms. The van der Waals surface area contributed by atoms with E-state index in [4.69, 9.17) is 47.4 Å². The van der Waals surface area contributed by atoms with Crippen LogP contribution in [0.4, 0.5) is 0 Å². The summed E-state index contributed by atoms with van der Waals surface area (Å²) in [5.74, 6) is -1.47. The number of ether oxygens (including phenoxy) is 10. The van der Waals surface area contributed by atoms with Gasteiger partial charge < -0.3 is 47.4 Å². The van der Waals surface area contributed by atoms with Crippen LogP contribution in [0.15, 0.2) is 0 Å². The Balaban J connectivity index is 1.50. The van der Waals surface area contributed by atoms with Crippen LogP contribution in [-0.4, -0.2) is 99.9 Å². The molecule has 0 aromatic carbocycles. The second-order valence-corrected chi connectivity index (χ2v) is 12.3. The van der Waals surface area contributed by atoms with Crippen LogP contribution in [0.3, 0.4) is 0 Å². The van der Waals surface area contributed by atoms with Gasteiger partial charge in [0, 0.05) is 26.2 Å². The molecule has 0 aliphatic carbocycles. The van der Waals surface area contributed by atoms with Crippen LogP contribution < -0.4 is 0 Å². The van der Waals surface area contributed by atoms with Crippen molar-refractivity contribution in [3.63, 3.8) is 0 Å². The molecule has 9 atom stereocenters. The van der Waals surface area contributed by atoms with Crippen LogP contribution >= 0.6 is 0 Å². The molecule has 234 valence electrons. The number of hydrogen-bond donors (Lipinski definition) is 0. The first kappa shape index (κ1) is 32.5. The maximum Gasteiger partial charge on any atom is 0.190 e. The molecule has 4 rings (SSSR count). The molecule has 0 amide bonds. The first-order valence-corrected chi connectivity index (χ1v) is 15.6. The molecule has 10 nitrogen and oxygen atoms in total. The van der Waals surface area contributed by atoms with Crippen LogP contribution in [0.1, 0.15) is 93.4 Å². The van der Waals surface area contributed by atoms with E-state index in [1.54, 1.807) is 0 Å². The van der Waals surface area contributed by atoms with Gasteiger partial charge in [-0.3, -0.25) is 0 Å². The van der Waals surface area contributed by atoms with Crippen molar-refractivity contribution in [2.75, 3.05) is 33.0 Å². The quantitative estimate of drug-likeness (QED) is 0.242. The van der Waals surface area contributed by atoms with Crippen LogP contribution in [0.5, 0.6) is 0 Å². The van der Waals surface area contributed by atoms with E-state index in [2.05, 4.69) is 20.8 Å². The van der Waals surface area contributed by atoms with Crippen LogP contribution in [0.25, 0.3) is 0 Å². The first-order valence-electron chi connectivity index (χ1n) is 15.6. The normalized spacial score (nSPS) is 38.6. The van der Waals surface area contributed by atoms with Gasteiger partial charge in [0.25, 0.3) is 0 Å². The molecule has 0 bridgehead atoms. The fourth-order valence-electron chi connectivity index (χ4n) is 5.69. The summed E-state index contributed by atoms with van der Waals surface area (Å²) in [4.78, 5) is 0. The summed E-state index contributed by atoms with van der Waals surface area (Å²) >= 11 is 0. The topological polar surface area (TPSA) is 92.3 Å². The summed E-state index contributed by atoms with van der Waals surface area (Å²) in [6.45, 7) is 16.9. The van der Waals surface area contributed by atoms with Crippen molar-refractivity contribution in [1.82, 2.24) is 0 Å². The van der Waals surface area contributed by atoms with Crippen molar-refractivity contribution in [2.45, 2.75) is 160 Å². The van der Waals surface area contributed by atoms with E-state index >= 15 is 0 Å². The number of hydrogen-bond acceptors (Lipinski definition) is 10. The van der Waals surface area contributed by atoms with E-state index < -0.39 is 42.5 Å². The van der Waals surface area contributed by atoms with Gasteiger partial charge in [-0.2, -0.15) is 0 Å². The van der Waals surface area contributed by atoms with Gasteiger partial charge in [0.05, 0.1) is 19.3 Å². The summed E-state index contributed by atoms with van der Waals surface area (Å²) in [7, 11) is 0. The second-order valence-electron chi connectivity index (χ2n) is 12.3. The maximum absolute atomic E-state index is 6.74. The predicted octanol–water partition coefficient (Wildman–Crippen LogP) is 4.70. The molecule has 0 radical (unpaired) electrons. The molecule has 10 heteroatoms. The Morgan fingerprint density at radius 3 is 2.10 bits per heavy atom. The van der Waals surface area contributed by atoms with Crippen molar-refractivity contribution in [2.24, 2.45) is 0 Å². The predicted molar refractivity (Wildman–Crippen MR) is 147 cm³/mol. The van der Waals surface area contributed by atoms with Crippen molar-refractivity contribution in [3.05, 3.63) is 0 Å². The molecule has 0 saturated carbocycles. The Hall–Kier alpha value is -0.400. The van der Waals surface area contributed by atoms with Gasteiger partial charge in [0.15, 0.2) is 24.2 Å². The highest BCUT2D eigenvalue weighted by Gasteiger charge is 2.60. The maximum atomic E-state index is 6.74. The number of unbranched alkanes of at least 4 members (excludes halogenated alkanes) is 3. The molecular weight excluding hydrogens is 520 g/mol. The molecule has 2 unspecified atom stereocenters. The van der Waals surface area contributed by atoms with E-state index in [1.165, 1.54) is 0 Å². The van der Waals surface area contributed by atoms with Gasteiger partial charge in [-0.15, -0.1) is 0 Å². The molecule has 40 heavy (non-hydrogen) atoms. The summed E-state index contributed by atoms with van der Waals surface area (Å²) < 4.78 is 62.9. The third kappa shape index (κ3) is 8.58. The van der Waals surface area contributed by atoms with E-state index in [9.17, 15) is 0 Å². The average Bonchev–Trinajstić information content (AvgIpc) is 3.52. The second kappa shape index (κ2) is 14.9. The Labute approximate surface area is 240 Å². The van der Waals surface area contributed by atoms with Crippen LogP contribution in [0, 0.1) is 0 Å².